The van der Waals surface area contributed by atoms with Gasteiger partial charge >= 0.3 is 5.97 Å². The molecule has 3 nitrogen and oxygen atoms in total. The van der Waals surface area contributed by atoms with Crippen LogP contribution >= 0.6 is 0 Å². The van der Waals surface area contributed by atoms with Crippen molar-refractivity contribution in [3.8, 4) is 5.75 Å². The Labute approximate surface area is 148 Å². The summed E-state index contributed by atoms with van der Waals surface area (Å²) in [5.74, 6) is 0.601. The van der Waals surface area contributed by atoms with E-state index in [1.54, 1.807) is 0 Å². The van der Waals surface area contributed by atoms with E-state index in [2.05, 4.69) is 37.3 Å². The van der Waals surface area contributed by atoms with E-state index in [1.165, 1.54) is 10.8 Å². The molecule has 0 heterocycles. The lowest BCUT2D eigenvalue weighted by atomic mass is 10.0. The van der Waals surface area contributed by atoms with Gasteiger partial charge in [-0.25, -0.2) is 0 Å². The molecule has 3 aromatic rings. The molecule has 1 atom stereocenters. The molecule has 130 valence electrons. The molecule has 0 fully saturated rings. The van der Waals surface area contributed by atoms with Crippen LogP contribution in [-0.4, -0.2) is 18.7 Å². The van der Waals surface area contributed by atoms with Gasteiger partial charge in [-0.2, -0.15) is 0 Å². The van der Waals surface area contributed by atoms with Crippen molar-refractivity contribution in [3.63, 3.8) is 0 Å². The van der Waals surface area contributed by atoms with Crippen LogP contribution in [0.5, 0.6) is 5.75 Å². The predicted molar refractivity (Wildman–Crippen MR) is 102 cm³/mol. The normalized spacial score (nSPS) is 12.2. The van der Waals surface area contributed by atoms with E-state index in [9.17, 15) is 4.79 Å². The Morgan fingerprint density at radius 3 is 2.48 bits per heavy atom. The van der Waals surface area contributed by atoms with Gasteiger partial charge in [-0.05, 0) is 47.7 Å². The van der Waals surface area contributed by atoms with Crippen LogP contribution in [-0.2, 0) is 9.53 Å². The smallest absolute Gasteiger partial charge is 0.309 e. The number of ether oxygens (including phenoxy) is 2. The summed E-state index contributed by atoms with van der Waals surface area (Å²) in [7, 11) is 0. The van der Waals surface area contributed by atoms with Crippen molar-refractivity contribution < 1.29 is 14.3 Å². The van der Waals surface area contributed by atoms with Gasteiger partial charge in [-0.3, -0.25) is 4.79 Å². The van der Waals surface area contributed by atoms with Gasteiger partial charge in [0, 0.05) is 5.39 Å². The van der Waals surface area contributed by atoms with E-state index >= 15 is 0 Å². The van der Waals surface area contributed by atoms with Crippen molar-refractivity contribution in [1.82, 2.24) is 0 Å². The zero-order valence-corrected chi connectivity index (χ0v) is 14.8. The zero-order valence-electron chi connectivity index (χ0n) is 14.8. The maximum Gasteiger partial charge on any atom is 0.309 e. The molecule has 0 aliphatic rings. The summed E-state index contributed by atoms with van der Waals surface area (Å²) < 4.78 is 11.3. The first kappa shape index (κ1) is 17.3. The Hall–Kier alpha value is -2.55. The number of carbonyl (C=O) groups excluding carboxylic acids is 1. The molecular formula is C22H24O3. The molecule has 0 saturated carbocycles. The quantitative estimate of drug-likeness (QED) is 0.325. The Kier molecular flexibility index (Phi) is 5.54. The summed E-state index contributed by atoms with van der Waals surface area (Å²) in [6.45, 7) is 4.47. The SMILES string of the molecule is CCCCOC(=O)CC(C)Oc1cccc2cc3ccccc3cc12. The maximum atomic E-state index is 11.9. The Morgan fingerprint density at radius 1 is 1.00 bits per heavy atom. The largest absolute Gasteiger partial charge is 0.489 e. The van der Waals surface area contributed by atoms with E-state index in [1.807, 2.05) is 31.2 Å². The third-order valence-corrected chi connectivity index (χ3v) is 4.25. The molecule has 0 saturated heterocycles. The number of benzene rings is 3. The average Bonchev–Trinajstić information content (AvgIpc) is 2.60. The van der Waals surface area contributed by atoms with Crippen molar-refractivity contribution in [2.24, 2.45) is 0 Å². The van der Waals surface area contributed by atoms with E-state index in [-0.39, 0.29) is 18.5 Å². The first-order valence-electron chi connectivity index (χ1n) is 8.91. The standard InChI is InChI=1S/C22H24O3/c1-3-4-12-24-22(23)13-16(2)25-21-11-7-10-19-14-17-8-5-6-9-18(17)15-20(19)21/h5-11,14-16H,3-4,12-13H2,1-2H3. The summed E-state index contributed by atoms with van der Waals surface area (Å²) in [5, 5.41) is 4.58. The fraction of sp³-hybridized carbons (Fsp3) is 0.318. The van der Waals surface area contributed by atoms with Crippen LogP contribution < -0.4 is 4.74 Å². The molecule has 0 bridgehead atoms. The zero-order chi connectivity index (χ0) is 17.6. The van der Waals surface area contributed by atoms with Crippen molar-refractivity contribution in [2.75, 3.05) is 6.61 Å². The summed E-state index contributed by atoms with van der Waals surface area (Å²) in [5.41, 5.74) is 0. The van der Waals surface area contributed by atoms with Crippen LogP contribution in [0.15, 0.2) is 54.6 Å². The molecule has 1 unspecified atom stereocenters. The van der Waals surface area contributed by atoms with Crippen LogP contribution in [0.4, 0.5) is 0 Å². The number of unbranched alkanes of at least 4 members (excludes halogenated alkanes) is 1. The topological polar surface area (TPSA) is 35.5 Å². The molecule has 3 rings (SSSR count). The van der Waals surface area contributed by atoms with Crippen molar-refractivity contribution >= 4 is 27.5 Å². The third-order valence-electron chi connectivity index (χ3n) is 4.25. The second-order valence-electron chi connectivity index (χ2n) is 6.38. The van der Waals surface area contributed by atoms with E-state index in [0.29, 0.717) is 6.61 Å². The highest BCUT2D eigenvalue weighted by molar-refractivity contribution is 6.00. The molecular weight excluding hydrogens is 312 g/mol. The number of hydrogen-bond donors (Lipinski definition) is 0. The number of hydrogen-bond acceptors (Lipinski definition) is 3. The van der Waals surface area contributed by atoms with E-state index in [4.69, 9.17) is 9.47 Å². The second-order valence-corrected chi connectivity index (χ2v) is 6.38. The minimum atomic E-state index is -0.230. The molecule has 25 heavy (non-hydrogen) atoms. The van der Waals surface area contributed by atoms with Crippen LogP contribution in [0.25, 0.3) is 21.5 Å². The van der Waals surface area contributed by atoms with Gasteiger partial charge in [-0.15, -0.1) is 0 Å². The Bertz CT molecular complexity index is 869. The number of rotatable bonds is 7. The lowest BCUT2D eigenvalue weighted by molar-refractivity contribution is -0.145. The number of carbonyl (C=O) groups is 1. The maximum absolute atomic E-state index is 11.9. The Balaban J connectivity index is 1.76. The second kappa shape index (κ2) is 8.02. The lowest BCUT2D eigenvalue weighted by Crippen LogP contribution is -2.19. The lowest BCUT2D eigenvalue weighted by Gasteiger charge is -2.16. The summed E-state index contributed by atoms with van der Waals surface area (Å²) in [6.07, 6.45) is 1.94. The van der Waals surface area contributed by atoms with Crippen molar-refractivity contribution in [2.45, 2.75) is 39.2 Å². The van der Waals surface area contributed by atoms with Crippen molar-refractivity contribution in [3.05, 3.63) is 54.6 Å². The minimum absolute atomic E-state index is 0.202. The molecule has 0 N–H and O–H groups in total. The van der Waals surface area contributed by atoms with Crippen molar-refractivity contribution in [1.29, 1.82) is 0 Å². The first-order valence-corrected chi connectivity index (χ1v) is 8.91. The van der Waals surface area contributed by atoms with Gasteiger partial charge < -0.3 is 9.47 Å². The van der Waals surface area contributed by atoms with Crippen LogP contribution in [0.2, 0.25) is 0 Å². The minimum Gasteiger partial charge on any atom is -0.489 e. The average molecular weight is 336 g/mol. The van der Waals surface area contributed by atoms with Gasteiger partial charge in [-0.1, -0.05) is 49.7 Å². The van der Waals surface area contributed by atoms with Crippen LogP contribution in [0.1, 0.15) is 33.1 Å². The van der Waals surface area contributed by atoms with Gasteiger partial charge in [0.25, 0.3) is 0 Å². The number of fused-ring (bicyclic) bond motifs is 2. The van der Waals surface area contributed by atoms with Gasteiger partial charge in [0.15, 0.2) is 0 Å². The molecule has 0 aromatic heterocycles. The van der Waals surface area contributed by atoms with E-state index in [0.717, 1.165) is 29.4 Å². The Morgan fingerprint density at radius 2 is 1.72 bits per heavy atom. The molecule has 0 radical (unpaired) electrons. The monoisotopic (exact) mass is 336 g/mol. The molecule has 3 heteroatoms. The fourth-order valence-electron chi connectivity index (χ4n) is 2.92. The highest BCUT2D eigenvalue weighted by atomic mass is 16.5. The van der Waals surface area contributed by atoms with Gasteiger partial charge in [0.05, 0.1) is 13.0 Å². The molecule has 3 aromatic carbocycles. The fourth-order valence-corrected chi connectivity index (χ4v) is 2.92. The summed E-state index contributed by atoms with van der Waals surface area (Å²) >= 11 is 0. The third kappa shape index (κ3) is 4.30. The van der Waals surface area contributed by atoms with Crippen LogP contribution in [0.3, 0.4) is 0 Å². The van der Waals surface area contributed by atoms with Gasteiger partial charge in [0.1, 0.15) is 11.9 Å². The first-order chi connectivity index (χ1) is 12.2. The number of esters is 1. The molecule has 0 aliphatic heterocycles. The summed E-state index contributed by atoms with van der Waals surface area (Å²) in [4.78, 5) is 11.9. The summed E-state index contributed by atoms with van der Waals surface area (Å²) in [6, 6.07) is 18.6. The van der Waals surface area contributed by atoms with Crippen LogP contribution in [0, 0.1) is 0 Å². The predicted octanol–water partition coefficient (Wildman–Crippen LogP) is 5.49. The van der Waals surface area contributed by atoms with Gasteiger partial charge in [0.2, 0.25) is 0 Å². The molecule has 0 amide bonds. The molecule has 0 aliphatic carbocycles. The highest BCUT2D eigenvalue weighted by Gasteiger charge is 2.13. The highest BCUT2D eigenvalue weighted by Crippen LogP contribution is 2.30. The van der Waals surface area contributed by atoms with E-state index < -0.39 is 0 Å². The molecule has 0 spiro atoms.